The number of rotatable bonds is 8. The lowest BCUT2D eigenvalue weighted by Gasteiger charge is -2.32. The fourth-order valence-electron chi connectivity index (χ4n) is 5.24. The number of fused-ring (bicyclic) bond motifs is 2. The predicted molar refractivity (Wildman–Crippen MR) is 155 cm³/mol. The van der Waals surface area contributed by atoms with Gasteiger partial charge in [0.1, 0.15) is 18.2 Å². The zero-order valence-corrected chi connectivity index (χ0v) is 23.6. The summed E-state index contributed by atoms with van der Waals surface area (Å²) >= 11 is 0. The molecule has 0 bridgehead atoms. The molecule has 2 aromatic carbocycles. The Morgan fingerprint density at radius 3 is 2.70 bits per heavy atom. The highest BCUT2D eigenvalue weighted by atomic mass is 16.5. The lowest BCUT2D eigenvalue weighted by atomic mass is 9.85. The average molecular weight is 543 g/mol. The van der Waals surface area contributed by atoms with Gasteiger partial charge in [-0.25, -0.2) is 4.79 Å². The Bertz CT molecular complexity index is 1480. The molecule has 2 aromatic heterocycles. The maximum absolute atomic E-state index is 13.2. The Morgan fingerprint density at radius 1 is 1.12 bits per heavy atom. The van der Waals surface area contributed by atoms with E-state index in [4.69, 9.17) is 4.74 Å². The summed E-state index contributed by atoms with van der Waals surface area (Å²) in [5, 5.41) is 23.6. The number of hydrogen-bond donors (Lipinski definition) is 3. The molecule has 0 fully saturated rings. The second kappa shape index (κ2) is 11.7. The largest absolute Gasteiger partial charge is 0.484 e. The highest BCUT2D eigenvalue weighted by Gasteiger charge is 2.29. The number of amides is 2. The average Bonchev–Trinajstić information content (AvgIpc) is 3.37. The molecule has 2 heterocycles. The summed E-state index contributed by atoms with van der Waals surface area (Å²) in [4.78, 5) is 15.3. The van der Waals surface area contributed by atoms with Crippen LogP contribution >= 0.6 is 0 Å². The van der Waals surface area contributed by atoms with Crippen LogP contribution in [0.25, 0.3) is 5.65 Å². The third-order valence-electron chi connectivity index (χ3n) is 7.33. The number of pyridine rings is 1. The Hall–Kier alpha value is -3.95. The van der Waals surface area contributed by atoms with E-state index < -0.39 is 0 Å². The summed E-state index contributed by atoms with van der Waals surface area (Å²) in [6, 6.07) is 17.8. The van der Waals surface area contributed by atoms with E-state index >= 15 is 0 Å². The number of ether oxygens (including phenoxy) is 1. The fraction of sp³-hybridized carbons (Fsp3) is 0.387. The van der Waals surface area contributed by atoms with E-state index in [0.29, 0.717) is 13.1 Å². The van der Waals surface area contributed by atoms with Crippen molar-refractivity contribution in [2.45, 2.75) is 57.7 Å². The molecule has 0 spiro atoms. The minimum atomic E-state index is -0.238. The fourth-order valence-corrected chi connectivity index (χ4v) is 5.24. The van der Waals surface area contributed by atoms with Crippen molar-refractivity contribution in [2.75, 3.05) is 25.5 Å². The van der Waals surface area contributed by atoms with Crippen molar-refractivity contribution in [1.29, 1.82) is 0 Å². The maximum atomic E-state index is 13.2. The summed E-state index contributed by atoms with van der Waals surface area (Å²) in [7, 11) is 1.98. The van der Waals surface area contributed by atoms with Crippen molar-refractivity contribution in [2.24, 2.45) is 0 Å². The number of nitrogens with one attached hydrogen (secondary N) is 2. The topological polar surface area (TPSA) is 104 Å². The van der Waals surface area contributed by atoms with Gasteiger partial charge in [-0.2, -0.15) is 0 Å². The number of aromatic nitrogens is 3. The number of likely N-dealkylation sites (N-methyl/N-ethyl adjacent to an activating group) is 1. The molecule has 2 amide bonds. The molecule has 9 nitrogen and oxygen atoms in total. The van der Waals surface area contributed by atoms with Gasteiger partial charge in [-0.15, -0.1) is 10.2 Å². The molecule has 9 heteroatoms. The van der Waals surface area contributed by atoms with Crippen LogP contribution in [-0.4, -0.2) is 50.8 Å². The number of anilines is 1. The van der Waals surface area contributed by atoms with E-state index in [1.54, 1.807) is 6.33 Å². The number of urea groups is 1. The highest BCUT2D eigenvalue weighted by Crippen LogP contribution is 2.39. The quantitative estimate of drug-likeness (QED) is 0.282. The number of hydrogen-bond acceptors (Lipinski definition) is 6. The first kappa shape index (κ1) is 27.6. The van der Waals surface area contributed by atoms with E-state index in [2.05, 4.69) is 64.7 Å². The van der Waals surface area contributed by atoms with Gasteiger partial charge in [-0.1, -0.05) is 51.1 Å². The smallest absolute Gasteiger partial charge is 0.319 e. The SMILES string of the molecule is CN(CCO)Cc1cc(NC(=O)N[C@H]2CC[C@@H](Oc3ccc4nncn4c3)c3ccccc32)cc(C(C)(C)C)c1. The minimum Gasteiger partial charge on any atom is -0.484 e. The van der Waals surface area contributed by atoms with Crippen LogP contribution in [0.5, 0.6) is 5.75 Å². The van der Waals surface area contributed by atoms with E-state index in [0.717, 1.165) is 52.2 Å². The van der Waals surface area contributed by atoms with Crippen LogP contribution in [0.2, 0.25) is 0 Å². The molecule has 5 rings (SSSR count). The molecular formula is C31H38N6O3. The van der Waals surface area contributed by atoms with Crippen molar-refractivity contribution < 1.29 is 14.6 Å². The van der Waals surface area contributed by atoms with Gasteiger partial charge >= 0.3 is 6.03 Å². The van der Waals surface area contributed by atoms with Crippen LogP contribution in [0.15, 0.2) is 67.1 Å². The van der Waals surface area contributed by atoms with Gasteiger partial charge in [0.2, 0.25) is 0 Å². The van der Waals surface area contributed by atoms with Crippen LogP contribution in [0.4, 0.5) is 10.5 Å². The van der Waals surface area contributed by atoms with Crippen LogP contribution in [0.3, 0.4) is 0 Å². The summed E-state index contributed by atoms with van der Waals surface area (Å²) < 4.78 is 8.23. The number of aliphatic hydroxyl groups excluding tert-OH is 1. The normalized spacial score (nSPS) is 17.1. The molecule has 0 radical (unpaired) electrons. The minimum absolute atomic E-state index is 0.0747. The zero-order valence-electron chi connectivity index (χ0n) is 23.6. The van der Waals surface area contributed by atoms with Gasteiger partial charge in [-0.3, -0.25) is 9.30 Å². The molecule has 40 heavy (non-hydrogen) atoms. The molecule has 4 aromatic rings. The molecule has 1 aliphatic rings. The Morgan fingerprint density at radius 2 is 1.93 bits per heavy atom. The first-order valence-corrected chi connectivity index (χ1v) is 13.8. The van der Waals surface area contributed by atoms with Crippen LogP contribution in [-0.2, 0) is 12.0 Å². The molecule has 3 N–H and O–H groups in total. The predicted octanol–water partition coefficient (Wildman–Crippen LogP) is 5.23. The Balaban J connectivity index is 1.30. The van der Waals surface area contributed by atoms with Crippen molar-refractivity contribution in [3.63, 3.8) is 0 Å². The van der Waals surface area contributed by atoms with Crippen LogP contribution in [0.1, 0.15) is 68.0 Å². The zero-order chi connectivity index (χ0) is 28.3. The number of carbonyl (C=O) groups excluding carboxylic acids is 1. The number of nitrogens with zero attached hydrogens (tertiary/aromatic N) is 4. The summed E-state index contributed by atoms with van der Waals surface area (Å²) in [5.74, 6) is 0.746. The molecule has 210 valence electrons. The van der Waals surface area contributed by atoms with Gasteiger partial charge in [0, 0.05) is 18.8 Å². The Labute approximate surface area is 235 Å². The van der Waals surface area contributed by atoms with E-state index in [1.807, 2.05) is 54.0 Å². The second-order valence-electron chi connectivity index (χ2n) is 11.6. The third-order valence-corrected chi connectivity index (χ3v) is 7.33. The monoisotopic (exact) mass is 542 g/mol. The van der Waals surface area contributed by atoms with Gasteiger partial charge in [0.25, 0.3) is 0 Å². The molecule has 0 saturated heterocycles. The Kier molecular flexibility index (Phi) is 8.04. The van der Waals surface area contributed by atoms with Crippen LogP contribution < -0.4 is 15.4 Å². The van der Waals surface area contributed by atoms with Crippen molar-refractivity contribution in [3.05, 3.63) is 89.4 Å². The first-order chi connectivity index (χ1) is 19.2. The molecule has 0 unspecified atom stereocenters. The number of carbonyl (C=O) groups is 1. The summed E-state index contributed by atoms with van der Waals surface area (Å²) in [5.41, 5.74) is 5.82. The van der Waals surface area contributed by atoms with E-state index in [-0.39, 0.29) is 30.2 Å². The van der Waals surface area contributed by atoms with E-state index in [1.165, 1.54) is 0 Å². The maximum Gasteiger partial charge on any atom is 0.319 e. The molecular weight excluding hydrogens is 504 g/mol. The van der Waals surface area contributed by atoms with Crippen LogP contribution in [0, 0.1) is 0 Å². The van der Waals surface area contributed by atoms with Gasteiger partial charge in [-0.05, 0) is 71.8 Å². The number of benzene rings is 2. The highest BCUT2D eigenvalue weighted by molar-refractivity contribution is 5.89. The second-order valence-corrected chi connectivity index (χ2v) is 11.6. The standard InChI is InChI=1S/C31H38N6O3/c1-31(2,3)22-15-21(18-36(4)13-14-38)16-23(17-22)33-30(39)34-27-10-11-28(26-8-6-5-7-25(26)27)40-24-9-12-29-35-32-20-37(29)19-24/h5-9,12,15-17,19-20,27-28,38H,10-11,13-14,18H2,1-4H3,(H2,33,34,39)/t27-,28+/m0/s1. The van der Waals surface area contributed by atoms with Crippen molar-refractivity contribution in [1.82, 2.24) is 24.8 Å². The summed E-state index contributed by atoms with van der Waals surface area (Å²) in [6.07, 6.45) is 4.94. The number of aliphatic hydroxyl groups is 1. The third kappa shape index (κ3) is 6.43. The molecule has 0 saturated carbocycles. The van der Waals surface area contributed by atoms with Crippen molar-refractivity contribution >= 4 is 17.4 Å². The lowest BCUT2D eigenvalue weighted by Crippen LogP contribution is -2.35. The van der Waals surface area contributed by atoms with Gasteiger partial charge < -0.3 is 20.5 Å². The van der Waals surface area contributed by atoms with Gasteiger partial charge in [0.05, 0.1) is 18.8 Å². The molecule has 2 atom stereocenters. The first-order valence-electron chi connectivity index (χ1n) is 13.8. The van der Waals surface area contributed by atoms with Gasteiger partial charge in [0.15, 0.2) is 5.65 Å². The van der Waals surface area contributed by atoms with E-state index in [9.17, 15) is 9.90 Å². The summed E-state index contributed by atoms with van der Waals surface area (Å²) in [6.45, 7) is 7.86. The lowest BCUT2D eigenvalue weighted by molar-refractivity contribution is 0.171. The molecule has 1 aliphatic carbocycles. The molecule has 0 aliphatic heterocycles. The van der Waals surface area contributed by atoms with Crippen molar-refractivity contribution in [3.8, 4) is 5.75 Å².